The Balaban J connectivity index is 1.02. The van der Waals surface area contributed by atoms with Crippen molar-refractivity contribution in [1.82, 2.24) is 0 Å². The highest BCUT2D eigenvalue weighted by Gasteiger charge is 2.16. The van der Waals surface area contributed by atoms with Crippen LogP contribution >= 0.6 is 0 Å². The number of rotatable bonds is 7. The molecular weight excluding hydrogens is 711 g/mol. The molecule has 1 nitrogen and oxygen atoms in total. The van der Waals surface area contributed by atoms with Crippen molar-refractivity contribution in [1.29, 1.82) is 0 Å². The van der Waals surface area contributed by atoms with Crippen LogP contribution in [0.3, 0.4) is 0 Å². The Labute approximate surface area is 344 Å². The van der Waals surface area contributed by atoms with Gasteiger partial charge in [-0.15, -0.1) is 0 Å². The molecule has 11 rings (SSSR count). The highest BCUT2D eigenvalue weighted by Crippen LogP contribution is 2.42. The Morgan fingerprint density at radius 2 is 0.695 bits per heavy atom. The van der Waals surface area contributed by atoms with Gasteiger partial charge in [-0.25, -0.2) is 0 Å². The standard InChI is InChI=1S/C58H39N/c1-2-12-40(13-3-1)48-19-9-22-53(38-48)59(52-34-32-42(33-35-52)50-31-26-41-14-4-5-16-46(41)36-50)54-23-10-20-49(39-54)47-18-8-21-51(37-47)56-25-11-17-44-29-30-45-28-27-43-15-6-7-24-55(43)58(45)57(44)56/h1-39H. The van der Waals surface area contributed by atoms with Gasteiger partial charge in [0.1, 0.15) is 0 Å². The second-order valence-corrected chi connectivity index (χ2v) is 15.3. The Morgan fingerprint density at radius 1 is 0.220 bits per heavy atom. The van der Waals surface area contributed by atoms with Crippen molar-refractivity contribution in [2.75, 3.05) is 4.90 Å². The minimum atomic E-state index is 1.10. The molecule has 0 unspecified atom stereocenters. The van der Waals surface area contributed by atoms with E-state index in [9.17, 15) is 0 Å². The molecule has 0 heterocycles. The summed E-state index contributed by atoms with van der Waals surface area (Å²) < 4.78 is 0. The smallest absolute Gasteiger partial charge is 0.0467 e. The molecule has 0 bridgehead atoms. The molecule has 0 aliphatic rings. The van der Waals surface area contributed by atoms with Crippen LogP contribution in [0.2, 0.25) is 0 Å². The number of fused-ring (bicyclic) bond motifs is 6. The van der Waals surface area contributed by atoms with Crippen LogP contribution in [-0.4, -0.2) is 0 Å². The van der Waals surface area contributed by atoms with Crippen LogP contribution in [0.1, 0.15) is 0 Å². The topological polar surface area (TPSA) is 3.24 Å². The van der Waals surface area contributed by atoms with Gasteiger partial charge >= 0.3 is 0 Å². The molecule has 59 heavy (non-hydrogen) atoms. The molecule has 0 amide bonds. The van der Waals surface area contributed by atoms with Crippen LogP contribution in [0.5, 0.6) is 0 Å². The van der Waals surface area contributed by atoms with Crippen molar-refractivity contribution in [2.24, 2.45) is 0 Å². The highest BCUT2D eigenvalue weighted by molar-refractivity contribution is 6.24. The molecular formula is C58H39N. The van der Waals surface area contributed by atoms with E-state index in [-0.39, 0.29) is 0 Å². The highest BCUT2D eigenvalue weighted by atomic mass is 15.1. The first-order chi connectivity index (χ1) is 29.2. The monoisotopic (exact) mass is 749 g/mol. The quantitative estimate of drug-likeness (QED) is 0.147. The Kier molecular flexibility index (Phi) is 8.56. The van der Waals surface area contributed by atoms with Gasteiger partial charge in [0.05, 0.1) is 0 Å². The second-order valence-electron chi connectivity index (χ2n) is 15.3. The fourth-order valence-electron chi connectivity index (χ4n) is 8.88. The lowest BCUT2D eigenvalue weighted by atomic mass is 9.90. The van der Waals surface area contributed by atoms with Crippen molar-refractivity contribution in [3.8, 4) is 44.5 Å². The zero-order valence-corrected chi connectivity index (χ0v) is 32.5. The van der Waals surface area contributed by atoms with Gasteiger partial charge in [0.25, 0.3) is 0 Å². The number of benzene rings is 11. The van der Waals surface area contributed by atoms with Crippen LogP contribution in [-0.2, 0) is 0 Å². The van der Waals surface area contributed by atoms with E-state index in [0.29, 0.717) is 0 Å². The largest absolute Gasteiger partial charge is 0.310 e. The molecule has 0 saturated carbocycles. The summed E-state index contributed by atoms with van der Waals surface area (Å²) in [6.45, 7) is 0. The lowest BCUT2D eigenvalue weighted by Crippen LogP contribution is -2.10. The van der Waals surface area contributed by atoms with Gasteiger partial charge < -0.3 is 4.90 Å². The van der Waals surface area contributed by atoms with Crippen LogP contribution < -0.4 is 4.90 Å². The third kappa shape index (κ3) is 6.40. The van der Waals surface area contributed by atoms with Gasteiger partial charge in [-0.3, -0.25) is 0 Å². The first kappa shape index (κ1) is 34.5. The van der Waals surface area contributed by atoms with Gasteiger partial charge in [0.2, 0.25) is 0 Å². The first-order valence-corrected chi connectivity index (χ1v) is 20.3. The summed E-state index contributed by atoms with van der Waals surface area (Å²) in [6, 6.07) is 86.3. The van der Waals surface area contributed by atoms with Crippen molar-refractivity contribution < 1.29 is 0 Å². The number of hydrogen-bond donors (Lipinski definition) is 0. The Morgan fingerprint density at radius 3 is 1.46 bits per heavy atom. The summed E-state index contributed by atoms with van der Waals surface area (Å²) in [7, 11) is 0. The van der Waals surface area contributed by atoms with Gasteiger partial charge in [-0.05, 0) is 136 Å². The minimum Gasteiger partial charge on any atom is -0.310 e. The minimum absolute atomic E-state index is 1.10. The van der Waals surface area contributed by atoms with Crippen molar-refractivity contribution >= 4 is 60.2 Å². The molecule has 0 fully saturated rings. The van der Waals surface area contributed by atoms with Gasteiger partial charge in [0, 0.05) is 17.1 Å². The fraction of sp³-hybridized carbons (Fsp3) is 0. The van der Waals surface area contributed by atoms with E-state index in [2.05, 4.69) is 241 Å². The summed E-state index contributed by atoms with van der Waals surface area (Å²) >= 11 is 0. The average molecular weight is 750 g/mol. The molecule has 0 saturated heterocycles. The molecule has 0 spiro atoms. The predicted molar refractivity (Wildman–Crippen MR) is 253 cm³/mol. The van der Waals surface area contributed by atoms with E-state index >= 15 is 0 Å². The maximum absolute atomic E-state index is 2.38. The SMILES string of the molecule is c1ccc(-c2cccc(N(c3ccc(-c4ccc5ccccc5c4)cc3)c3cccc(-c4cccc(-c5cccc6ccc7ccc8ccccc8c7c56)c4)c3)c2)cc1. The van der Waals surface area contributed by atoms with Gasteiger partial charge in [-0.1, -0.05) is 188 Å². The van der Waals surface area contributed by atoms with Crippen LogP contribution in [0.4, 0.5) is 17.1 Å². The molecule has 0 radical (unpaired) electrons. The summed E-state index contributed by atoms with van der Waals surface area (Å²) in [5.41, 5.74) is 12.9. The maximum atomic E-state index is 2.38. The van der Waals surface area contributed by atoms with Gasteiger partial charge in [0.15, 0.2) is 0 Å². The zero-order valence-electron chi connectivity index (χ0n) is 32.5. The summed E-state index contributed by atoms with van der Waals surface area (Å²) in [5, 5.41) is 10.2. The predicted octanol–water partition coefficient (Wildman–Crippen LogP) is 16.4. The molecule has 0 aliphatic carbocycles. The van der Waals surface area contributed by atoms with Crippen molar-refractivity contribution in [2.45, 2.75) is 0 Å². The molecule has 11 aromatic carbocycles. The second kappa shape index (κ2) is 14.6. The molecule has 0 aliphatic heterocycles. The van der Waals surface area contributed by atoms with Crippen molar-refractivity contribution in [3.05, 3.63) is 237 Å². The summed E-state index contributed by atoms with van der Waals surface area (Å²) in [5.74, 6) is 0. The molecule has 0 atom stereocenters. The summed E-state index contributed by atoms with van der Waals surface area (Å²) in [4.78, 5) is 2.38. The van der Waals surface area contributed by atoms with Crippen LogP contribution in [0.25, 0.3) is 87.6 Å². The van der Waals surface area contributed by atoms with E-state index in [4.69, 9.17) is 0 Å². The molecule has 0 N–H and O–H groups in total. The molecule has 276 valence electrons. The number of nitrogens with zero attached hydrogens (tertiary/aromatic N) is 1. The zero-order chi connectivity index (χ0) is 39.1. The first-order valence-electron chi connectivity index (χ1n) is 20.3. The van der Waals surface area contributed by atoms with Gasteiger partial charge in [-0.2, -0.15) is 0 Å². The average Bonchev–Trinajstić information content (AvgIpc) is 3.32. The molecule has 0 aromatic heterocycles. The van der Waals surface area contributed by atoms with E-state index < -0.39 is 0 Å². The summed E-state index contributed by atoms with van der Waals surface area (Å²) in [6.07, 6.45) is 0. The van der Waals surface area contributed by atoms with E-state index in [1.165, 1.54) is 82.0 Å². The van der Waals surface area contributed by atoms with E-state index in [0.717, 1.165) is 22.6 Å². The van der Waals surface area contributed by atoms with E-state index in [1.807, 2.05) is 0 Å². The third-order valence-corrected chi connectivity index (χ3v) is 11.8. The third-order valence-electron chi connectivity index (χ3n) is 11.8. The normalized spacial score (nSPS) is 11.4. The fourth-order valence-corrected chi connectivity index (χ4v) is 8.88. The van der Waals surface area contributed by atoms with Crippen LogP contribution in [0, 0.1) is 0 Å². The lowest BCUT2D eigenvalue weighted by molar-refractivity contribution is 1.28. The van der Waals surface area contributed by atoms with Crippen molar-refractivity contribution in [3.63, 3.8) is 0 Å². The Bertz CT molecular complexity index is 3320. The molecule has 1 heteroatoms. The molecule has 11 aromatic rings. The van der Waals surface area contributed by atoms with Crippen LogP contribution in [0.15, 0.2) is 237 Å². The number of anilines is 3. The van der Waals surface area contributed by atoms with E-state index in [1.54, 1.807) is 0 Å². The number of hydrogen-bond acceptors (Lipinski definition) is 1. The lowest BCUT2D eigenvalue weighted by Gasteiger charge is -2.27. The Hall–Kier alpha value is -7.74. The maximum Gasteiger partial charge on any atom is 0.0467 e.